The lowest BCUT2D eigenvalue weighted by atomic mass is 9.89. The molecule has 0 radical (unpaired) electrons. The van der Waals surface area contributed by atoms with Crippen LogP contribution in [0.25, 0.3) is 0 Å². The average molecular weight is 252 g/mol. The van der Waals surface area contributed by atoms with Gasteiger partial charge < -0.3 is 5.32 Å². The highest BCUT2D eigenvalue weighted by atomic mass is 32.1. The van der Waals surface area contributed by atoms with E-state index in [4.69, 9.17) is 0 Å². The molecule has 1 heterocycles. The largest absolute Gasteiger partial charge is 0.309 e. The highest BCUT2D eigenvalue weighted by Crippen LogP contribution is 2.25. The Kier molecular flexibility index (Phi) is 4.57. The molecular weight excluding hydrogens is 228 g/mol. The smallest absolute Gasteiger partial charge is 0.0900 e. The third-order valence-electron chi connectivity index (χ3n) is 3.79. The van der Waals surface area contributed by atoms with Crippen molar-refractivity contribution in [2.24, 2.45) is 5.92 Å². The van der Waals surface area contributed by atoms with E-state index >= 15 is 0 Å². The minimum absolute atomic E-state index is 0.405. The van der Waals surface area contributed by atoms with Crippen molar-refractivity contribution in [1.29, 1.82) is 0 Å². The molecule has 0 saturated heterocycles. The predicted molar refractivity (Wildman–Crippen MR) is 74.6 cm³/mol. The van der Waals surface area contributed by atoms with Gasteiger partial charge in [0.15, 0.2) is 0 Å². The van der Waals surface area contributed by atoms with Crippen LogP contribution in [0.3, 0.4) is 0 Å². The summed E-state index contributed by atoms with van der Waals surface area (Å²) in [6, 6.07) is 0.405. The summed E-state index contributed by atoms with van der Waals surface area (Å²) in [6.45, 7) is 7.68. The fourth-order valence-corrected chi connectivity index (χ4v) is 3.69. The number of nitrogens with zero attached hydrogens (tertiary/aromatic N) is 1. The van der Waals surface area contributed by atoms with Crippen LogP contribution in [0.15, 0.2) is 0 Å². The van der Waals surface area contributed by atoms with Gasteiger partial charge >= 0.3 is 0 Å². The van der Waals surface area contributed by atoms with Gasteiger partial charge in [-0.05, 0) is 46.1 Å². The maximum Gasteiger partial charge on any atom is 0.0900 e. The predicted octanol–water partition coefficient (Wildman–Crippen LogP) is 3.99. The first-order chi connectivity index (χ1) is 8.16. The zero-order valence-electron chi connectivity index (χ0n) is 11.3. The van der Waals surface area contributed by atoms with Gasteiger partial charge in [-0.1, -0.05) is 19.3 Å². The van der Waals surface area contributed by atoms with Crippen LogP contribution in [0.1, 0.15) is 60.6 Å². The molecule has 0 bridgehead atoms. The molecule has 1 saturated carbocycles. The van der Waals surface area contributed by atoms with Crippen molar-refractivity contribution >= 4 is 11.3 Å². The van der Waals surface area contributed by atoms with Crippen molar-refractivity contribution in [2.45, 2.75) is 58.9 Å². The van der Waals surface area contributed by atoms with Crippen molar-refractivity contribution in [1.82, 2.24) is 10.3 Å². The van der Waals surface area contributed by atoms with Crippen LogP contribution in [0.5, 0.6) is 0 Å². The summed E-state index contributed by atoms with van der Waals surface area (Å²) in [7, 11) is 0. The van der Waals surface area contributed by atoms with E-state index in [1.165, 1.54) is 47.7 Å². The maximum absolute atomic E-state index is 4.63. The fourth-order valence-electron chi connectivity index (χ4n) is 2.78. The van der Waals surface area contributed by atoms with Crippen LogP contribution in [0, 0.1) is 19.8 Å². The Morgan fingerprint density at radius 2 is 2.00 bits per heavy atom. The van der Waals surface area contributed by atoms with Crippen LogP contribution in [0.4, 0.5) is 0 Å². The molecule has 1 N–H and O–H groups in total. The van der Waals surface area contributed by atoms with Gasteiger partial charge in [-0.25, -0.2) is 4.98 Å². The van der Waals surface area contributed by atoms with Crippen molar-refractivity contribution in [2.75, 3.05) is 6.54 Å². The first-order valence-electron chi connectivity index (χ1n) is 6.84. The Hall–Kier alpha value is -0.410. The molecule has 1 aromatic heterocycles. The van der Waals surface area contributed by atoms with Gasteiger partial charge in [-0.3, -0.25) is 0 Å². The molecule has 1 aliphatic carbocycles. The second-order valence-corrected chi connectivity index (χ2v) is 6.72. The molecule has 0 amide bonds. The maximum atomic E-state index is 4.63. The second kappa shape index (κ2) is 5.96. The lowest BCUT2D eigenvalue weighted by Gasteiger charge is -2.23. The SMILES string of the molecule is Cc1nc(C(C)NCC2CCCCC2)c(C)s1. The van der Waals surface area contributed by atoms with Crippen LogP contribution >= 0.6 is 11.3 Å². The van der Waals surface area contributed by atoms with Crippen molar-refractivity contribution in [3.63, 3.8) is 0 Å². The van der Waals surface area contributed by atoms with E-state index in [1.54, 1.807) is 0 Å². The van der Waals surface area contributed by atoms with Crippen molar-refractivity contribution in [3.05, 3.63) is 15.6 Å². The Morgan fingerprint density at radius 3 is 2.59 bits per heavy atom. The van der Waals surface area contributed by atoms with Crippen molar-refractivity contribution < 1.29 is 0 Å². The summed E-state index contributed by atoms with van der Waals surface area (Å²) < 4.78 is 0. The molecule has 1 aliphatic rings. The van der Waals surface area contributed by atoms with Gasteiger partial charge in [0.05, 0.1) is 10.7 Å². The molecule has 1 unspecified atom stereocenters. The normalized spacial score (nSPS) is 19.5. The summed E-state index contributed by atoms with van der Waals surface area (Å²) in [6.07, 6.45) is 7.12. The molecule has 17 heavy (non-hydrogen) atoms. The quantitative estimate of drug-likeness (QED) is 0.876. The van der Waals surface area contributed by atoms with Gasteiger partial charge in [0.1, 0.15) is 0 Å². The zero-order chi connectivity index (χ0) is 12.3. The van der Waals surface area contributed by atoms with Crippen LogP contribution < -0.4 is 5.32 Å². The number of hydrogen-bond donors (Lipinski definition) is 1. The van der Waals surface area contributed by atoms with E-state index in [-0.39, 0.29) is 0 Å². The van der Waals surface area contributed by atoms with E-state index in [2.05, 4.69) is 31.1 Å². The monoisotopic (exact) mass is 252 g/mol. The summed E-state index contributed by atoms with van der Waals surface area (Å²) in [5.74, 6) is 0.895. The molecule has 0 aliphatic heterocycles. The zero-order valence-corrected chi connectivity index (χ0v) is 12.1. The Labute approximate surface area is 109 Å². The fraction of sp³-hybridized carbons (Fsp3) is 0.786. The number of aryl methyl sites for hydroxylation is 2. The van der Waals surface area contributed by atoms with E-state index in [9.17, 15) is 0 Å². The lowest BCUT2D eigenvalue weighted by molar-refractivity contribution is 0.330. The van der Waals surface area contributed by atoms with Crippen LogP contribution in [-0.2, 0) is 0 Å². The van der Waals surface area contributed by atoms with Crippen LogP contribution in [-0.4, -0.2) is 11.5 Å². The summed E-state index contributed by atoms with van der Waals surface area (Å²) in [5.41, 5.74) is 1.25. The number of nitrogens with one attached hydrogen (secondary N) is 1. The Balaban J connectivity index is 1.84. The van der Waals surface area contributed by atoms with E-state index < -0.39 is 0 Å². The molecule has 1 fully saturated rings. The van der Waals surface area contributed by atoms with Gasteiger partial charge in [0.2, 0.25) is 0 Å². The topological polar surface area (TPSA) is 24.9 Å². The van der Waals surface area contributed by atoms with Gasteiger partial charge in [0, 0.05) is 10.9 Å². The third-order valence-corrected chi connectivity index (χ3v) is 4.69. The van der Waals surface area contributed by atoms with E-state index in [0.717, 1.165) is 12.5 Å². The summed E-state index contributed by atoms with van der Waals surface area (Å²) >= 11 is 1.81. The summed E-state index contributed by atoms with van der Waals surface area (Å²) in [5, 5.41) is 4.85. The molecule has 3 heteroatoms. The van der Waals surface area contributed by atoms with Gasteiger partial charge in [-0.2, -0.15) is 0 Å². The average Bonchev–Trinajstić information content (AvgIpc) is 2.67. The molecule has 1 aromatic rings. The summed E-state index contributed by atoms with van der Waals surface area (Å²) in [4.78, 5) is 6.00. The minimum atomic E-state index is 0.405. The number of hydrogen-bond acceptors (Lipinski definition) is 3. The second-order valence-electron chi connectivity index (χ2n) is 5.31. The highest BCUT2D eigenvalue weighted by Gasteiger charge is 2.17. The Bertz CT molecular complexity index is 353. The lowest BCUT2D eigenvalue weighted by Crippen LogP contribution is -2.27. The first-order valence-corrected chi connectivity index (χ1v) is 7.65. The molecular formula is C14H24N2S. The van der Waals surface area contributed by atoms with E-state index in [1.807, 2.05) is 11.3 Å². The molecule has 0 aromatic carbocycles. The number of rotatable bonds is 4. The number of thiazole rings is 1. The number of aromatic nitrogens is 1. The first kappa shape index (κ1) is 13.0. The molecule has 96 valence electrons. The molecule has 0 spiro atoms. The van der Waals surface area contributed by atoms with Gasteiger partial charge in [-0.15, -0.1) is 11.3 Å². The Morgan fingerprint density at radius 1 is 1.29 bits per heavy atom. The molecule has 2 nitrogen and oxygen atoms in total. The molecule has 2 rings (SSSR count). The molecule has 1 atom stereocenters. The standard InChI is InChI=1S/C14H24N2S/c1-10(14-11(2)17-12(3)16-14)15-9-13-7-5-4-6-8-13/h10,13,15H,4-9H2,1-3H3. The third kappa shape index (κ3) is 3.52. The van der Waals surface area contributed by atoms with Gasteiger partial charge in [0.25, 0.3) is 0 Å². The van der Waals surface area contributed by atoms with E-state index in [0.29, 0.717) is 6.04 Å². The van der Waals surface area contributed by atoms with Crippen LogP contribution in [0.2, 0.25) is 0 Å². The highest BCUT2D eigenvalue weighted by molar-refractivity contribution is 7.11. The van der Waals surface area contributed by atoms with Crippen molar-refractivity contribution in [3.8, 4) is 0 Å². The minimum Gasteiger partial charge on any atom is -0.309 e.